The summed E-state index contributed by atoms with van der Waals surface area (Å²) in [7, 11) is 0. The average Bonchev–Trinajstić information content (AvgIpc) is 3.61. The van der Waals surface area contributed by atoms with Crippen molar-refractivity contribution in [3.8, 4) is 16.9 Å². The maximum atomic E-state index is 12.3. The third-order valence-corrected chi connectivity index (χ3v) is 7.82. The van der Waals surface area contributed by atoms with Crippen LogP contribution in [0.5, 0.6) is 5.75 Å². The molecule has 7 aromatic rings. The largest absolute Gasteiger partial charge is 0.573 e. The van der Waals surface area contributed by atoms with Gasteiger partial charge in [-0.05, 0) is 75.5 Å². The first kappa shape index (κ1) is 29.3. The first-order valence-corrected chi connectivity index (χ1v) is 14.9. The van der Waals surface area contributed by atoms with E-state index in [4.69, 9.17) is 0 Å². The van der Waals surface area contributed by atoms with Gasteiger partial charge in [0.25, 0.3) is 0 Å². The van der Waals surface area contributed by atoms with E-state index in [9.17, 15) is 13.2 Å². The Kier molecular flexibility index (Phi) is 8.57. The Morgan fingerprint density at radius 1 is 0.545 bits per heavy atom. The predicted octanol–water partition coefficient (Wildman–Crippen LogP) is 10.7. The van der Waals surface area contributed by atoms with E-state index in [-0.39, 0.29) is 5.75 Å². The molecule has 7 heteroatoms. The summed E-state index contributed by atoms with van der Waals surface area (Å²) in [5, 5.41) is 2.40. The minimum absolute atomic E-state index is 0.222. The highest BCUT2D eigenvalue weighted by Crippen LogP contribution is 2.29. The van der Waals surface area contributed by atoms with Gasteiger partial charge in [-0.15, -0.1) is 13.2 Å². The third-order valence-electron chi connectivity index (χ3n) is 7.32. The molecular weight excluding hydrogens is 625 g/mol. The summed E-state index contributed by atoms with van der Waals surface area (Å²) in [6.07, 6.45) is -0.496. The zero-order valence-electron chi connectivity index (χ0n) is 23.6. The molecule has 0 aliphatic rings. The molecule has 0 N–H and O–H groups in total. The van der Waals surface area contributed by atoms with Crippen molar-refractivity contribution in [3.63, 3.8) is 0 Å². The lowest BCUT2D eigenvalue weighted by Gasteiger charge is -2.10. The smallest absolute Gasteiger partial charge is 0.406 e. The second kappa shape index (κ2) is 12.9. The Labute approximate surface area is 261 Å². The summed E-state index contributed by atoms with van der Waals surface area (Å²) < 4.78 is 46.4. The molecular formula is C37H28BrF3N2O. The van der Waals surface area contributed by atoms with Gasteiger partial charge in [0.1, 0.15) is 5.75 Å². The van der Waals surface area contributed by atoms with E-state index in [1.807, 2.05) is 42.6 Å². The summed E-state index contributed by atoms with van der Waals surface area (Å²) >= 11 is 3.52. The van der Waals surface area contributed by atoms with Crippen molar-refractivity contribution in [2.45, 2.75) is 19.5 Å². The van der Waals surface area contributed by atoms with Gasteiger partial charge >= 0.3 is 6.36 Å². The van der Waals surface area contributed by atoms with Crippen LogP contribution in [-0.2, 0) is 13.1 Å². The van der Waals surface area contributed by atoms with Crippen LogP contribution in [0.3, 0.4) is 0 Å². The molecule has 0 atom stereocenters. The van der Waals surface area contributed by atoms with Crippen LogP contribution in [0.25, 0.3) is 32.9 Å². The van der Waals surface area contributed by atoms with E-state index < -0.39 is 6.36 Å². The molecule has 2 heterocycles. The van der Waals surface area contributed by atoms with E-state index in [1.165, 1.54) is 34.2 Å². The lowest BCUT2D eigenvalue weighted by molar-refractivity contribution is -0.274. The fourth-order valence-corrected chi connectivity index (χ4v) is 5.55. The first-order chi connectivity index (χ1) is 21.3. The van der Waals surface area contributed by atoms with Crippen molar-refractivity contribution in [2.24, 2.45) is 0 Å². The molecule has 0 spiro atoms. The van der Waals surface area contributed by atoms with Crippen LogP contribution in [0.15, 0.2) is 150 Å². The molecule has 0 bridgehead atoms. The number of nitrogens with zero attached hydrogens (tertiary/aromatic N) is 2. The van der Waals surface area contributed by atoms with Crippen LogP contribution >= 0.6 is 15.9 Å². The van der Waals surface area contributed by atoms with Crippen molar-refractivity contribution in [1.29, 1.82) is 0 Å². The Bertz CT molecular complexity index is 1980. The van der Waals surface area contributed by atoms with Gasteiger partial charge in [-0.1, -0.05) is 107 Å². The Morgan fingerprint density at radius 2 is 1.05 bits per heavy atom. The molecule has 0 aliphatic carbocycles. The monoisotopic (exact) mass is 652 g/mol. The number of alkyl halides is 3. The normalized spacial score (nSPS) is 11.4. The third kappa shape index (κ3) is 7.24. The quantitative estimate of drug-likeness (QED) is 0.175. The molecule has 3 nitrogen and oxygen atoms in total. The van der Waals surface area contributed by atoms with Crippen molar-refractivity contribution in [3.05, 3.63) is 161 Å². The number of rotatable bonds is 6. The Balaban J connectivity index is 0.000000173. The maximum Gasteiger partial charge on any atom is 0.573 e. The maximum absolute atomic E-state index is 12.3. The number of halogens is 4. The van der Waals surface area contributed by atoms with Crippen molar-refractivity contribution >= 4 is 37.7 Å². The van der Waals surface area contributed by atoms with E-state index >= 15 is 0 Å². The highest BCUT2D eigenvalue weighted by atomic mass is 79.9. The lowest BCUT2D eigenvalue weighted by Crippen LogP contribution is -2.16. The van der Waals surface area contributed by atoms with Gasteiger partial charge in [0.2, 0.25) is 0 Å². The van der Waals surface area contributed by atoms with Crippen molar-refractivity contribution in [2.75, 3.05) is 0 Å². The molecule has 44 heavy (non-hydrogen) atoms. The van der Waals surface area contributed by atoms with Crippen molar-refractivity contribution < 1.29 is 17.9 Å². The number of ether oxygens (including phenoxy) is 1. The van der Waals surface area contributed by atoms with Gasteiger partial charge < -0.3 is 13.9 Å². The Morgan fingerprint density at radius 3 is 1.59 bits per heavy atom. The molecule has 2 aromatic heterocycles. The molecule has 0 amide bonds. The molecule has 0 saturated heterocycles. The van der Waals surface area contributed by atoms with E-state index in [2.05, 4.69) is 109 Å². The van der Waals surface area contributed by atoms with Gasteiger partial charge in [0, 0.05) is 41.0 Å². The van der Waals surface area contributed by atoms with Crippen molar-refractivity contribution in [1.82, 2.24) is 9.13 Å². The van der Waals surface area contributed by atoms with Crippen LogP contribution in [0, 0.1) is 0 Å². The van der Waals surface area contributed by atoms with Crippen LogP contribution in [-0.4, -0.2) is 15.5 Å². The van der Waals surface area contributed by atoms with E-state index in [0.29, 0.717) is 0 Å². The highest BCUT2D eigenvalue weighted by molar-refractivity contribution is 9.10. The zero-order chi connectivity index (χ0) is 30.5. The number of fused-ring (bicyclic) bond motifs is 2. The number of aromatic nitrogens is 2. The number of hydrogen-bond acceptors (Lipinski definition) is 1. The summed E-state index contributed by atoms with van der Waals surface area (Å²) in [6.45, 7) is 1.67. The van der Waals surface area contributed by atoms with Gasteiger partial charge in [0.05, 0.1) is 0 Å². The average molecular weight is 654 g/mol. The predicted molar refractivity (Wildman–Crippen MR) is 175 cm³/mol. The number of hydrogen-bond donors (Lipinski definition) is 0. The van der Waals surface area contributed by atoms with Crippen LogP contribution < -0.4 is 4.74 Å². The summed E-state index contributed by atoms with van der Waals surface area (Å²) in [6, 6.07) is 43.3. The zero-order valence-corrected chi connectivity index (χ0v) is 25.2. The fraction of sp³-hybridized carbons (Fsp3) is 0.0811. The van der Waals surface area contributed by atoms with E-state index in [0.717, 1.165) is 39.6 Å². The highest BCUT2D eigenvalue weighted by Gasteiger charge is 2.31. The summed E-state index contributed by atoms with van der Waals surface area (Å²) in [5.74, 6) is -0.222. The minimum Gasteiger partial charge on any atom is -0.406 e. The van der Waals surface area contributed by atoms with Crippen LogP contribution in [0.4, 0.5) is 13.2 Å². The SMILES string of the molecule is Brc1ccc2ccn(Cc3ccccc3)c2c1.FC(F)(F)Oc1ccc(-c2ccc3ccn(Cc4ccccc4)c3c2)cc1. The topological polar surface area (TPSA) is 19.1 Å². The first-order valence-electron chi connectivity index (χ1n) is 14.1. The Hall–Kier alpha value is -4.75. The van der Waals surface area contributed by atoms with Gasteiger partial charge in [-0.2, -0.15) is 0 Å². The van der Waals surface area contributed by atoms with Crippen LogP contribution in [0.2, 0.25) is 0 Å². The minimum atomic E-state index is -4.68. The molecule has 0 unspecified atom stereocenters. The molecule has 0 aliphatic heterocycles. The molecule has 0 saturated carbocycles. The van der Waals surface area contributed by atoms with Gasteiger partial charge in [-0.3, -0.25) is 0 Å². The molecule has 220 valence electrons. The summed E-state index contributed by atoms with van der Waals surface area (Å²) in [4.78, 5) is 0. The van der Waals surface area contributed by atoms with E-state index in [1.54, 1.807) is 12.1 Å². The number of benzene rings is 5. The molecule has 7 rings (SSSR count). The fourth-order valence-electron chi connectivity index (χ4n) is 5.21. The summed E-state index contributed by atoms with van der Waals surface area (Å²) in [5.41, 5.74) is 6.64. The molecule has 0 fully saturated rings. The second-order valence-corrected chi connectivity index (χ2v) is 11.3. The lowest BCUT2D eigenvalue weighted by atomic mass is 10.0. The molecule has 0 radical (unpaired) electrons. The molecule has 5 aromatic carbocycles. The second-order valence-electron chi connectivity index (χ2n) is 10.4. The van der Waals surface area contributed by atoms with Crippen LogP contribution in [0.1, 0.15) is 11.1 Å². The van der Waals surface area contributed by atoms with Gasteiger partial charge in [0.15, 0.2) is 0 Å². The standard InChI is InChI=1S/C22H16F3NO.C15H12BrN/c23-22(24,25)27-20-10-8-17(9-11-20)19-7-6-18-12-13-26(21(18)14-19)15-16-4-2-1-3-5-16;16-14-7-6-13-8-9-17(15(13)10-14)11-12-4-2-1-3-5-12/h1-14H,15H2;1-10H,11H2. The van der Waals surface area contributed by atoms with Gasteiger partial charge in [-0.25, -0.2) is 0 Å².